The Hall–Kier alpha value is -1.72. The first-order valence-electron chi connectivity index (χ1n) is 4.20. The summed E-state index contributed by atoms with van der Waals surface area (Å²) < 4.78 is 28.3. The standard InChI is InChI=1S/C9H10F2N2O2/c1-15-9(14)6-3-2-4-12-8(6)13-5-7(10)11/h2-4,7H,5H2,1H3,(H,12,13). The van der Waals surface area contributed by atoms with Gasteiger partial charge in [-0.05, 0) is 12.1 Å². The van der Waals surface area contributed by atoms with Gasteiger partial charge in [-0.3, -0.25) is 0 Å². The van der Waals surface area contributed by atoms with Crippen LogP contribution in [0.25, 0.3) is 0 Å². The fraction of sp³-hybridized carbons (Fsp3) is 0.333. The molecule has 0 aliphatic carbocycles. The molecule has 0 bridgehead atoms. The van der Waals surface area contributed by atoms with Crippen molar-refractivity contribution in [2.24, 2.45) is 0 Å². The number of hydrogen-bond donors (Lipinski definition) is 1. The fourth-order valence-electron chi connectivity index (χ4n) is 0.995. The van der Waals surface area contributed by atoms with E-state index in [1.165, 1.54) is 25.4 Å². The third-order valence-electron chi connectivity index (χ3n) is 1.64. The second-order valence-corrected chi connectivity index (χ2v) is 2.66. The number of anilines is 1. The highest BCUT2D eigenvalue weighted by Crippen LogP contribution is 2.12. The molecule has 0 unspecified atom stereocenters. The molecular formula is C9H10F2N2O2. The smallest absolute Gasteiger partial charge is 0.341 e. The van der Waals surface area contributed by atoms with Crippen LogP contribution in [-0.4, -0.2) is 31.0 Å². The summed E-state index contributed by atoms with van der Waals surface area (Å²) in [5, 5.41) is 2.37. The lowest BCUT2D eigenvalue weighted by Gasteiger charge is -2.08. The highest BCUT2D eigenvalue weighted by molar-refractivity contribution is 5.94. The lowest BCUT2D eigenvalue weighted by Crippen LogP contribution is -2.15. The summed E-state index contributed by atoms with van der Waals surface area (Å²) in [6, 6.07) is 2.98. The van der Waals surface area contributed by atoms with Crippen molar-refractivity contribution < 1.29 is 18.3 Å². The first-order chi connectivity index (χ1) is 7.15. The number of pyridine rings is 1. The number of esters is 1. The van der Waals surface area contributed by atoms with E-state index in [1.807, 2.05) is 0 Å². The van der Waals surface area contributed by atoms with E-state index in [9.17, 15) is 13.6 Å². The van der Waals surface area contributed by atoms with E-state index in [1.54, 1.807) is 0 Å². The summed E-state index contributed by atoms with van der Waals surface area (Å²) in [5.41, 5.74) is 0.139. The molecule has 0 saturated heterocycles. The Bertz CT molecular complexity index is 345. The van der Waals surface area contributed by atoms with E-state index in [0.29, 0.717) is 0 Å². The van der Waals surface area contributed by atoms with Crippen LogP contribution in [0, 0.1) is 0 Å². The summed E-state index contributed by atoms with van der Waals surface area (Å²) >= 11 is 0. The Balaban J connectivity index is 2.81. The maximum atomic E-state index is 11.9. The van der Waals surface area contributed by atoms with Crippen LogP contribution in [0.15, 0.2) is 18.3 Å². The van der Waals surface area contributed by atoms with Gasteiger partial charge in [0.2, 0.25) is 0 Å². The molecule has 0 radical (unpaired) electrons. The number of carbonyl (C=O) groups is 1. The zero-order valence-electron chi connectivity index (χ0n) is 8.04. The first-order valence-corrected chi connectivity index (χ1v) is 4.20. The average Bonchev–Trinajstić information content (AvgIpc) is 2.25. The van der Waals surface area contributed by atoms with Crippen LogP contribution in [0.3, 0.4) is 0 Å². The molecule has 0 atom stereocenters. The van der Waals surface area contributed by atoms with Crippen molar-refractivity contribution in [3.63, 3.8) is 0 Å². The van der Waals surface area contributed by atoms with Crippen LogP contribution in [0.5, 0.6) is 0 Å². The zero-order valence-corrected chi connectivity index (χ0v) is 8.04. The summed E-state index contributed by atoms with van der Waals surface area (Å²) in [7, 11) is 1.21. The van der Waals surface area contributed by atoms with Gasteiger partial charge in [0.05, 0.1) is 13.7 Å². The van der Waals surface area contributed by atoms with Crippen LogP contribution < -0.4 is 5.32 Å². The largest absolute Gasteiger partial charge is 0.465 e. The predicted molar refractivity (Wildman–Crippen MR) is 50.1 cm³/mol. The molecular weight excluding hydrogens is 206 g/mol. The van der Waals surface area contributed by atoms with Gasteiger partial charge in [-0.1, -0.05) is 0 Å². The molecule has 1 rings (SSSR count). The normalized spacial score (nSPS) is 10.1. The highest BCUT2D eigenvalue weighted by Gasteiger charge is 2.13. The highest BCUT2D eigenvalue weighted by atomic mass is 19.3. The van der Waals surface area contributed by atoms with Gasteiger partial charge >= 0.3 is 5.97 Å². The quantitative estimate of drug-likeness (QED) is 0.776. The van der Waals surface area contributed by atoms with Crippen LogP contribution in [0.1, 0.15) is 10.4 Å². The Kier molecular flexibility index (Phi) is 3.96. The minimum atomic E-state index is -2.50. The molecule has 82 valence electrons. The van der Waals surface area contributed by atoms with Gasteiger partial charge in [-0.25, -0.2) is 18.6 Å². The van der Waals surface area contributed by atoms with Crippen molar-refractivity contribution >= 4 is 11.8 Å². The van der Waals surface area contributed by atoms with Gasteiger partial charge in [0.15, 0.2) is 0 Å². The molecule has 0 spiro atoms. The maximum Gasteiger partial charge on any atom is 0.341 e. The molecule has 1 N–H and O–H groups in total. The second kappa shape index (κ2) is 5.23. The third kappa shape index (κ3) is 3.16. The molecule has 0 fully saturated rings. The number of rotatable bonds is 4. The zero-order chi connectivity index (χ0) is 11.3. The van der Waals surface area contributed by atoms with E-state index >= 15 is 0 Å². The first kappa shape index (κ1) is 11.4. The van der Waals surface area contributed by atoms with Crippen molar-refractivity contribution in [2.75, 3.05) is 19.0 Å². The van der Waals surface area contributed by atoms with Gasteiger partial charge in [-0.2, -0.15) is 0 Å². The molecule has 4 nitrogen and oxygen atoms in total. The van der Waals surface area contributed by atoms with Crippen molar-refractivity contribution in [2.45, 2.75) is 6.43 Å². The number of ether oxygens (including phenoxy) is 1. The molecule has 1 heterocycles. The van der Waals surface area contributed by atoms with Crippen LogP contribution in [0.4, 0.5) is 14.6 Å². The Morgan fingerprint density at radius 1 is 1.67 bits per heavy atom. The van der Waals surface area contributed by atoms with Gasteiger partial charge in [0.25, 0.3) is 6.43 Å². The third-order valence-corrected chi connectivity index (χ3v) is 1.64. The fourth-order valence-corrected chi connectivity index (χ4v) is 0.995. The Morgan fingerprint density at radius 2 is 2.40 bits per heavy atom. The number of nitrogens with one attached hydrogen (secondary N) is 1. The number of halogens is 2. The van der Waals surface area contributed by atoms with Crippen molar-refractivity contribution in [3.8, 4) is 0 Å². The molecule has 1 aromatic heterocycles. The van der Waals surface area contributed by atoms with E-state index in [-0.39, 0.29) is 11.4 Å². The van der Waals surface area contributed by atoms with Crippen LogP contribution in [-0.2, 0) is 4.74 Å². The molecule has 0 saturated carbocycles. The van der Waals surface area contributed by atoms with Gasteiger partial charge < -0.3 is 10.1 Å². The van der Waals surface area contributed by atoms with Gasteiger partial charge in [0, 0.05) is 6.20 Å². The minimum Gasteiger partial charge on any atom is -0.465 e. The Morgan fingerprint density at radius 3 is 3.00 bits per heavy atom. The van der Waals surface area contributed by atoms with Gasteiger partial charge in [-0.15, -0.1) is 0 Å². The molecule has 0 aliphatic heterocycles. The Labute approximate surface area is 85.3 Å². The number of nitrogens with zero attached hydrogens (tertiary/aromatic N) is 1. The molecule has 0 aromatic carbocycles. The average molecular weight is 216 g/mol. The summed E-state index contributed by atoms with van der Waals surface area (Å²) in [6.07, 6.45) is -1.10. The summed E-state index contributed by atoms with van der Waals surface area (Å²) in [6.45, 7) is -0.555. The molecule has 15 heavy (non-hydrogen) atoms. The van der Waals surface area contributed by atoms with Crippen molar-refractivity contribution in [1.82, 2.24) is 4.98 Å². The molecule has 0 amide bonds. The monoisotopic (exact) mass is 216 g/mol. The molecule has 1 aromatic rings. The lowest BCUT2D eigenvalue weighted by atomic mass is 10.2. The maximum absolute atomic E-state index is 11.9. The number of methoxy groups -OCH3 is 1. The lowest BCUT2D eigenvalue weighted by molar-refractivity contribution is 0.0601. The summed E-state index contributed by atoms with van der Waals surface area (Å²) in [5.74, 6) is -0.510. The minimum absolute atomic E-state index is 0.102. The van der Waals surface area contributed by atoms with Crippen LogP contribution in [0.2, 0.25) is 0 Å². The number of alkyl halides is 2. The van der Waals surface area contributed by atoms with E-state index in [0.717, 1.165) is 0 Å². The number of carbonyl (C=O) groups excluding carboxylic acids is 1. The molecule has 6 heteroatoms. The van der Waals surface area contributed by atoms with E-state index in [2.05, 4.69) is 15.0 Å². The van der Waals surface area contributed by atoms with Crippen LogP contribution >= 0.6 is 0 Å². The van der Waals surface area contributed by atoms with E-state index < -0.39 is 18.9 Å². The van der Waals surface area contributed by atoms with Gasteiger partial charge in [0.1, 0.15) is 11.4 Å². The summed E-state index contributed by atoms with van der Waals surface area (Å²) in [4.78, 5) is 15.0. The molecule has 0 aliphatic rings. The van der Waals surface area contributed by atoms with Crippen molar-refractivity contribution in [3.05, 3.63) is 23.9 Å². The topological polar surface area (TPSA) is 51.2 Å². The number of aromatic nitrogens is 1. The SMILES string of the molecule is COC(=O)c1cccnc1NCC(F)F. The second-order valence-electron chi connectivity index (χ2n) is 2.66. The van der Waals surface area contributed by atoms with E-state index in [4.69, 9.17) is 0 Å². The predicted octanol–water partition coefficient (Wildman–Crippen LogP) is 1.55. The van der Waals surface area contributed by atoms with Crippen molar-refractivity contribution in [1.29, 1.82) is 0 Å². The number of hydrogen-bond acceptors (Lipinski definition) is 4.